The highest BCUT2D eigenvalue weighted by Gasteiger charge is 2.13. The molecule has 3 aromatic rings. The minimum Gasteiger partial charge on any atom is -0.439 e. The van der Waals surface area contributed by atoms with Crippen LogP contribution in [-0.2, 0) is 6.42 Å². The lowest BCUT2D eigenvalue weighted by molar-refractivity contribution is 0.459. The highest BCUT2D eigenvalue weighted by molar-refractivity contribution is 6.01. The summed E-state index contributed by atoms with van der Waals surface area (Å²) in [6.45, 7) is 14.0. The smallest absolute Gasteiger partial charge is 0.222 e. The summed E-state index contributed by atoms with van der Waals surface area (Å²) < 4.78 is 5.82. The molecule has 1 aromatic heterocycles. The number of para-hydroxylation sites is 1. The normalized spacial score (nSPS) is 10.6. The predicted octanol–water partition coefficient (Wildman–Crippen LogP) is 7.96. The summed E-state index contributed by atoms with van der Waals surface area (Å²) in [5.41, 5.74) is 4.31. The van der Waals surface area contributed by atoms with Crippen molar-refractivity contribution in [3.05, 3.63) is 78.0 Å². The maximum absolute atomic E-state index is 5.82. The second-order valence-electron chi connectivity index (χ2n) is 5.74. The van der Waals surface area contributed by atoms with E-state index in [0.717, 1.165) is 34.9 Å². The number of aromatic nitrogens is 1. The van der Waals surface area contributed by atoms with Gasteiger partial charge in [0.2, 0.25) is 5.88 Å². The van der Waals surface area contributed by atoms with Gasteiger partial charge in [-0.2, -0.15) is 0 Å². The molecule has 4 heteroatoms. The fourth-order valence-corrected chi connectivity index (χ4v) is 2.67. The van der Waals surface area contributed by atoms with E-state index in [9.17, 15) is 0 Å². The number of aryl methyl sites for hydroxylation is 1. The van der Waals surface area contributed by atoms with E-state index in [-0.39, 0.29) is 0 Å². The molecule has 0 fully saturated rings. The van der Waals surface area contributed by atoms with Crippen molar-refractivity contribution in [1.29, 1.82) is 0 Å². The van der Waals surface area contributed by atoms with E-state index in [1.807, 2.05) is 103 Å². The molecule has 1 aliphatic rings. The first kappa shape index (κ1) is 24.9. The van der Waals surface area contributed by atoms with Gasteiger partial charge < -0.3 is 10.1 Å². The van der Waals surface area contributed by atoms with Gasteiger partial charge >= 0.3 is 0 Å². The Balaban J connectivity index is 0.000000691. The van der Waals surface area contributed by atoms with Crippen LogP contribution in [0.25, 0.3) is 0 Å². The molecule has 2 heterocycles. The first-order chi connectivity index (χ1) is 14.8. The number of rotatable bonds is 3. The van der Waals surface area contributed by atoms with Crippen molar-refractivity contribution in [1.82, 2.24) is 4.98 Å². The fourth-order valence-electron chi connectivity index (χ4n) is 2.67. The Morgan fingerprint density at radius 3 is 2.10 bits per heavy atom. The minimum atomic E-state index is 0.633. The van der Waals surface area contributed by atoms with Crippen molar-refractivity contribution >= 4 is 17.2 Å². The van der Waals surface area contributed by atoms with Crippen LogP contribution < -0.4 is 10.1 Å². The Labute approximate surface area is 182 Å². The largest absolute Gasteiger partial charge is 0.439 e. The zero-order valence-electron chi connectivity index (χ0n) is 19.4. The number of nitrogens with zero attached hydrogens (tertiary/aromatic N) is 2. The molecule has 0 amide bonds. The van der Waals surface area contributed by atoms with Crippen molar-refractivity contribution in [2.45, 2.75) is 54.9 Å². The van der Waals surface area contributed by atoms with Gasteiger partial charge in [0.05, 0.1) is 5.69 Å². The Hall–Kier alpha value is -3.14. The standard InChI is InChI=1S/C20H17N3O.3C2H6/c1-14-5-4-12-21-20(14)24-17-10-8-16(9-11-17)22-19-13-15-6-2-3-7-18(15)23-19;3*1-2/h2-12H,13H2,1H3,(H,22,23);3*1-2H3. The maximum Gasteiger partial charge on any atom is 0.222 e. The lowest BCUT2D eigenvalue weighted by Gasteiger charge is -2.09. The van der Waals surface area contributed by atoms with Gasteiger partial charge in [0, 0.05) is 23.9 Å². The van der Waals surface area contributed by atoms with Crippen LogP contribution in [0.2, 0.25) is 0 Å². The molecule has 4 rings (SSSR count). The lowest BCUT2D eigenvalue weighted by atomic mass is 10.1. The van der Waals surface area contributed by atoms with Crippen molar-refractivity contribution in [3.8, 4) is 11.6 Å². The summed E-state index contributed by atoms with van der Waals surface area (Å²) in [7, 11) is 0. The van der Waals surface area contributed by atoms with Gasteiger partial charge in [-0.05, 0) is 48.9 Å². The zero-order valence-corrected chi connectivity index (χ0v) is 19.4. The number of nitrogens with one attached hydrogen (secondary N) is 1. The predicted molar refractivity (Wildman–Crippen MR) is 130 cm³/mol. The molecule has 1 aliphatic heterocycles. The van der Waals surface area contributed by atoms with Crippen molar-refractivity contribution < 1.29 is 4.74 Å². The fraction of sp³-hybridized carbons (Fsp3) is 0.308. The van der Waals surface area contributed by atoms with Gasteiger partial charge in [0.25, 0.3) is 0 Å². The monoisotopic (exact) mass is 405 g/mol. The third-order valence-electron chi connectivity index (χ3n) is 3.92. The van der Waals surface area contributed by atoms with E-state index in [4.69, 9.17) is 4.74 Å². The molecule has 0 saturated heterocycles. The Morgan fingerprint density at radius 2 is 1.47 bits per heavy atom. The van der Waals surface area contributed by atoms with Crippen molar-refractivity contribution in [2.75, 3.05) is 5.32 Å². The lowest BCUT2D eigenvalue weighted by Crippen LogP contribution is -2.11. The number of hydrogen-bond donors (Lipinski definition) is 1. The summed E-state index contributed by atoms with van der Waals surface area (Å²) in [5.74, 6) is 2.36. The number of fused-ring (bicyclic) bond motifs is 1. The van der Waals surface area contributed by atoms with Gasteiger partial charge in [-0.15, -0.1) is 0 Å². The third-order valence-corrected chi connectivity index (χ3v) is 3.92. The van der Waals surface area contributed by atoms with E-state index in [2.05, 4.69) is 21.4 Å². The number of anilines is 1. The number of aliphatic imine (C=N–C) groups is 1. The number of hydrogen-bond acceptors (Lipinski definition) is 4. The van der Waals surface area contributed by atoms with Crippen LogP contribution >= 0.6 is 0 Å². The highest BCUT2D eigenvalue weighted by Crippen LogP contribution is 2.27. The van der Waals surface area contributed by atoms with Crippen LogP contribution in [0, 0.1) is 6.92 Å². The molecule has 2 aromatic carbocycles. The van der Waals surface area contributed by atoms with Gasteiger partial charge in [-0.25, -0.2) is 9.98 Å². The minimum absolute atomic E-state index is 0.633. The first-order valence-electron chi connectivity index (χ1n) is 10.9. The molecule has 0 aliphatic carbocycles. The summed E-state index contributed by atoms with van der Waals surface area (Å²) in [5, 5.41) is 3.37. The van der Waals surface area contributed by atoms with E-state index in [1.165, 1.54) is 5.56 Å². The average Bonchev–Trinajstić information content (AvgIpc) is 3.23. The van der Waals surface area contributed by atoms with Crippen LogP contribution in [-0.4, -0.2) is 10.8 Å². The van der Waals surface area contributed by atoms with Crippen LogP contribution in [0.3, 0.4) is 0 Å². The molecule has 0 saturated carbocycles. The molecule has 0 atom stereocenters. The zero-order chi connectivity index (χ0) is 22.4. The highest BCUT2D eigenvalue weighted by atomic mass is 16.5. The van der Waals surface area contributed by atoms with Gasteiger partial charge in [0.1, 0.15) is 11.6 Å². The molecule has 0 bridgehead atoms. The number of pyridine rings is 1. The number of benzene rings is 2. The SMILES string of the molecule is CC.CC.CC.Cc1cccnc1Oc1ccc(NC2=Nc3ccccc3C2)cc1. The van der Waals surface area contributed by atoms with Crippen LogP contribution in [0.4, 0.5) is 11.4 Å². The van der Waals surface area contributed by atoms with Crippen molar-refractivity contribution in [2.24, 2.45) is 4.99 Å². The van der Waals surface area contributed by atoms with Crippen LogP contribution in [0.5, 0.6) is 11.6 Å². The average molecular weight is 406 g/mol. The summed E-state index contributed by atoms with van der Waals surface area (Å²) in [4.78, 5) is 8.86. The molecule has 4 nitrogen and oxygen atoms in total. The Morgan fingerprint density at radius 1 is 0.800 bits per heavy atom. The Bertz CT molecular complexity index is 902. The summed E-state index contributed by atoms with van der Waals surface area (Å²) in [6, 6.07) is 19.9. The topological polar surface area (TPSA) is 46.5 Å². The molecule has 0 radical (unpaired) electrons. The second kappa shape index (κ2) is 13.9. The van der Waals surface area contributed by atoms with E-state index >= 15 is 0 Å². The number of amidine groups is 1. The Kier molecular flexibility index (Phi) is 11.6. The van der Waals surface area contributed by atoms with Gasteiger partial charge in [-0.1, -0.05) is 65.8 Å². The quantitative estimate of drug-likeness (QED) is 0.481. The maximum atomic E-state index is 5.82. The molecule has 0 spiro atoms. The molecular weight excluding hydrogens is 370 g/mol. The van der Waals surface area contributed by atoms with E-state index in [1.54, 1.807) is 6.20 Å². The summed E-state index contributed by atoms with van der Waals surface area (Å²) >= 11 is 0. The molecule has 1 N–H and O–H groups in total. The third kappa shape index (κ3) is 7.03. The number of ether oxygens (including phenoxy) is 1. The molecular formula is C26H35N3O. The van der Waals surface area contributed by atoms with Crippen LogP contribution in [0.1, 0.15) is 52.7 Å². The van der Waals surface area contributed by atoms with Gasteiger partial charge in [-0.3, -0.25) is 0 Å². The molecule has 30 heavy (non-hydrogen) atoms. The molecule has 0 unspecified atom stereocenters. The van der Waals surface area contributed by atoms with Crippen LogP contribution in [0.15, 0.2) is 71.9 Å². The second-order valence-corrected chi connectivity index (χ2v) is 5.74. The first-order valence-corrected chi connectivity index (χ1v) is 10.9. The molecule has 160 valence electrons. The van der Waals surface area contributed by atoms with Gasteiger partial charge in [0.15, 0.2) is 0 Å². The van der Waals surface area contributed by atoms with E-state index < -0.39 is 0 Å². The summed E-state index contributed by atoms with van der Waals surface area (Å²) in [6.07, 6.45) is 2.57. The van der Waals surface area contributed by atoms with E-state index in [0.29, 0.717) is 5.88 Å². The van der Waals surface area contributed by atoms with Crippen molar-refractivity contribution in [3.63, 3.8) is 0 Å².